The molecule has 1 aromatic heterocycles. The molecule has 0 aliphatic carbocycles. The minimum Gasteiger partial charge on any atom is -0.480 e. The minimum atomic E-state index is -0.974. The van der Waals surface area contributed by atoms with Gasteiger partial charge in [0.2, 0.25) is 5.16 Å². The second-order valence-electron chi connectivity index (χ2n) is 2.79. The molecule has 1 unspecified atom stereocenters. The third kappa shape index (κ3) is 3.19. The lowest BCUT2D eigenvalue weighted by Crippen LogP contribution is -2.16. The Morgan fingerprint density at radius 1 is 1.62 bits per heavy atom. The van der Waals surface area contributed by atoms with Crippen molar-refractivity contribution in [1.82, 2.24) is 20.2 Å². The second-order valence-corrected chi connectivity index (χ2v) is 4.10. The summed E-state index contributed by atoms with van der Waals surface area (Å²) in [5.41, 5.74) is 0. The van der Waals surface area contributed by atoms with Crippen LogP contribution in [0.25, 0.3) is 0 Å². The van der Waals surface area contributed by atoms with Gasteiger partial charge in [0.05, 0.1) is 7.11 Å². The van der Waals surface area contributed by atoms with Crippen LogP contribution in [-0.4, -0.2) is 49.6 Å². The van der Waals surface area contributed by atoms with Gasteiger partial charge in [-0.2, -0.15) is 0 Å². The number of tetrazole rings is 1. The Labute approximate surface area is 95.0 Å². The molecule has 0 amide bonds. The van der Waals surface area contributed by atoms with E-state index < -0.39 is 17.2 Å². The Morgan fingerprint density at radius 3 is 2.88 bits per heavy atom. The van der Waals surface area contributed by atoms with Gasteiger partial charge in [-0.15, -0.1) is 5.10 Å². The number of carbonyl (C=O) groups excluding carboxylic acids is 1. The number of hydrogen-bond donors (Lipinski definition) is 1. The first-order valence-electron chi connectivity index (χ1n) is 4.27. The molecule has 1 heterocycles. The number of hydrogen-bond acceptors (Lipinski definition) is 7. The molecule has 1 rings (SSSR count). The Bertz CT molecular complexity index is 393. The van der Waals surface area contributed by atoms with Crippen LogP contribution < -0.4 is 0 Å². The van der Waals surface area contributed by atoms with Crippen molar-refractivity contribution >= 4 is 23.7 Å². The van der Waals surface area contributed by atoms with E-state index in [1.165, 1.54) is 18.7 Å². The number of methoxy groups -OCH3 is 1. The number of ether oxygens (including phenoxy) is 1. The zero-order valence-corrected chi connectivity index (χ0v) is 9.47. The summed E-state index contributed by atoms with van der Waals surface area (Å²) in [5.74, 6) is -1.48. The van der Waals surface area contributed by atoms with Crippen LogP contribution >= 0.6 is 11.8 Å². The van der Waals surface area contributed by atoms with E-state index in [1.807, 2.05) is 0 Å². The van der Waals surface area contributed by atoms with Gasteiger partial charge in [-0.1, -0.05) is 11.8 Å². The van der Waals surface area contributed by atoms with Crippen molar-refractivity contribution in [2.75, 3.05) is 7.11 Å². The summed E-state index contributed by atoms with van der Waals surface area (Å²) in [6.07, 6.45) is 0. The Hall–Kier alpha value is -1.64. The molecule has 9 heteroatoms. The largest absolute Gasteiger partial charge is 0.480 e. The fraction of sp³-hybridized carbons (Fsp3) is 0.571. The van der Waals surface area contributed by atoms with Crippen molar-refractivity contribution < 1.29 is 19.4 Å². The number of aliphatic carboxylic acids is 1. The Balaban J connectivity index is 2.70. The average molecular weight is 246 g/mol. The molecule has 0 spiro atoms. The first-order valence-corrected chi connectivity index (χ1v) is 5.15. The van der Waals surface area contributed by atoms with Crippen LogP contribution in [0.15, 0.2) is 5.16 Å². The quantitative estimate of drug-likeness (QED) is 0.542. The lowest BCUT2D eigenvalue weighted by Gasteiger charge is -2.05. The molecule has 0 saturated carbocycles. The van der Waals surface area contributed by atoms with E-state index in [0.29, 0.717) is 0 Å². The molecule has 0 bridgehead atoms. The highest BCUT2D eigenvalue weighted by molar-refractivity contribution is 8.00. The van der Waals surface area contributed by atoms with Gasteiger partial charge in [-0.3, -0.25) is 9.59 Å². The Morgan fingerprint density at radius 2 is 2.31 bits per heavy atom. The van der Waals surface area contributed by atoms with Gasteiger partial charge in [0, 0.05) is 0 Å². The molecule has 8 nitrogen and oxygen atoms in total. The fourth-order valence-electron chi connectivity index (χ4n) is 0.775. The zero-order chi connectivity index (χ0) is 12.1. The molecule has 0 radical (unpaired) electrons. The monoisotopic (exact) mass is 246 g/mol. The molecule has 0 fully saturated rings. The highest BCUT2D eigenvalue weighted by atomic mass is 32.2. The predicted molar refractivity (Wildman–Crippen MR) is 52.8 cm³/mol. The van der Waals surface area contributed by atoms with Crippen LogP contribution in [0.2, 0.25) is 0 Å². The topological polar surface area (TPSA) is 107 Å². The molecule has 1 aromatic rings. The zero-order valence-electron chi connectivity index (χ0n) is 8.65. The van der Waals surface area contributed by atoms with Crippen molar-refractivity contribution in [3.63, 3.8) is 0 Å². The lowest BCUT2D eigenvalue weighted by molar-refractivity contribution is -0.141. The van der Waals surface area contributed by atoms with E-state index in [0.717, 1.165) is 11.8 Å². The maximum Gasteiger partial charge on any atom is 0.327 e. The molecule has 88 valence electrons. The van der Waals surface area contributed by atoms with Crippen LogP contribution in [-0.2, 0) is 20.9 Å². The number of carboxylic acid groups (broad SMARTS) is 1. The first-order chi connectivity index (χ1) is 7.54. The number of aromatic nitrogens is 4. The number of esters is 1. The van der Waals surface area contributed by atoms with Crippen LogP contribution in [0.3, 0.4) is 0 Å². The highest BCUT2D eigenvalue weighted by Gasteiger charge is 2.18. The van der Waals surface area contributed by atoms with E-state index >= 15 is 0 Å². The van der Waals surface area contributed by atoms with Gasteiger partial charge >= 0.3 is 11.9 Å². The van der Waals surface area contributed by atoms with Gasteiger partial charge in [-0.05, 0) is 17.4 Å². The molecule has 0 aliphatic heterocycles. The number of thioether (sulfide) groups is 1. The van der Waals surface area contributed by atoms with Gasteiger partial charge in [0.15, 0.2) is 0 Å². The molecule has 16 heavy (non-hydrogen) atoms. The van der Waals surface area contributed by atoms with E-state index in [1.54, 1.807) is 0 Å². The maximum absolute atomic E-state index is 11.0. The van der Waals surface area contributed by atoms with E-state index in [9.17, 15) is 9.59 Å². The molecular formula is C7H10N4O4S. The van der Waals surface area contributed by atoms with Gasteiger partial charge in [0.1, 0.15) is 11.8 Å². The van der Waals surface area contributed by atoms with Crippen molar-refractivity contribution in [2.45, 2.75) is 23.9 Å². The summed E-state index contributed by atoms with van der Waals surface area (Å²) >= 11 is 0.957. The van der Waals surface area contributed by atoms with Crippen molar-refractivity contribution in [3.05, 3.63) is 0 Å². The molecular weight excluding hydrogens is 236 g/mol. The summed E-state index contributed by atoms with van der Waals surface area (Å²) in [6, 6.07) is 0. The van der Waals surface area contributed by atoms with Gasteiger partial charge < -0.3 is 9.84 Å². The summed E-state index contributed by atoms with van der Waals surface area (Å²) in [5, 5.41) is 18.8. The first kappa shape index (κ1) is 12.4. The lowest BCUT2D eigenvalue weighted by atomic mass is 10.5. The van der Waals surface area contributed by atoms with Crippen molar-refractivity contribution in [3.8, 4) is 0 Å². The molecule has 1 N–H and O–H groups in total. The van der Waals surface area contributed by atoms with E-state index in [2.05, 4.69) is 20.3 Å². The van der Waals surface area contributed by atoms with Crippen molar-refractivity contribution in [1.29, 1.82) is 0 Å². The van der Waals surface area contributed by atoms with E-state index in [-0.39, 0.29) is 11.7 Å². The van der Waals surface area contributed by atoms with E-state index in [4.69, 9.17) is 5.11 Å². The Kier molecular flexibility index (Phi) is 4.23. The normalized spacial score (nSPS) is 12.1. The molecule has 0 aromatic carbocycles. The van der Waals surface area contributed by atoms with Gasteiger partial charge in [-0.25, -0.2) is 4.68 Å². The number of rotatable bonds is 5. The number of carbonyl (C=O) groups is 2. The molecule has 0 aliphatic rings. The van der Waals surface area contributed by atoms with Crippen LogP contribution in [0.1, 0.15) is 6.92 Å². The highest BCUT2D eigenvalue weighted by Crippen LogP contribution is 2.19. The third-order valence-corrected chi connectivity index (χ3v) is 2.69. The van der Waals surface area contributed by atoms with Gasteiger partial charge in [0.25, 0.3) is 0 Å². The standard InChI is InChI=1S/C7H10N4O4S/c1-4(6(13)14)16-7-8-9-10-11(7)3-5(12)15-2/h4H,3H2,1-2H3,(H,13,14). The molecule has 0 saturated heterocycles. The van der Waals surface area contributed by atoms with Crippen LogP contribution in [0, 0.1) is 0 Å². The van der Waals surface area contributed by atoms with Crippen LogP contribution in [0.4, 0.5) is 0 Å². The predicted octanol–water partition coefficient (Wildman–Crippen LogP) is -0.589. The average Bonchev–Trinajstić information content (AvgIpc) is 2.65. The minimum absolute atomic E-state index is 0.141. The fourth-order valence-corrected chi connectivity index (χ4v) is 1.50. The number of nitrogens with zero attached hydrogens (tertiary/aromatic N) is 4. The molecule has 1 atom stereocenters. The SMILES string of the molecule is COC(=O)Cn1nnnc1SC(C)C(=O)O. The summed E-state index contributed by atoms with van der Waals surface area (Å²) in [4.78, 5) is 21.6. The summed E-state index contributed by atoms with van der Waals surface area (Å²) in [6.45, 7) is 1.36. The van der Waals surface area contributed by atoms with Crippen LogP contribution in [0.5, 0.6) is 0 Å². The number of carboxylic acids is 1. The summed E-state index contributed by atoms with van der Waals surface area (Å²) in [7, 11) is 1.25. The second kappa shape index (κ2) is 5.45. The smallest absolute Gasteiger partial charge is 0.327 e. The summed E-state index contributed by atoms with van der Waals surface area (Å²) < 4.78 is 5.64. The third-order valence-electron chi connectivity index (χ3n) is 1.64. The maximum atomic E-state index is 11.0. The van der Waals surface area contributed by atoms with Crippen molar-refractivity contribution in [2.24, 2.45) is 0 Å².